The zero-order valence-corrected chi connectivity index (χ0v) is 6.84. The van der Waals surface area contributed by atoms with Crippen molar-refractivity contribution in [2.75, 3.05) is 0 Å². The van der Waals surface area contributed by atoms with Crippen LogP contribution in [0.15, 0.2) is 24.3 Å². The maximum Gasteiger partial charge on any atom is -0.0132 e. The molecule has 58 valence electrons. The van der Waals surface area contributed by atoms with Gasteiger partial charge in [0.2, 0.25) is 0 Å². The van der Waals surface area contributed by atoms with Gasteiger partial charge in [0.15, 0.2) is 0 Å². The van der Waals surface area contributed by atoms with Crippen LogP contribution in [0.5, 0.6) is 0 Å². The molecule has 0 amide bonds. The molecule has 0 heterocycles. The summed E-state index contributed by atoms with van der Waals surface area (Å²) < 4.78 is 0. The van der Waals surface area contributed by atoms with E-state index in [1.165, 1.54) is 19.3 Å². The van der Waals surface area contributed by atoms with Crippen LogP contribution in [0.25, 0.3) is 0 Å². The van der Waals surface area contributed by atoms with E-state index in [2.05, 4.69) is 13.2 Å². The number of hydrogen-bond donors (Lipinski definition) is 0. The molecule has 0 aliphatic heterocycles. The van der Waals surface area contributed by atoms with Crippen molar-refractivity contribution in [1.82, 2.24) is 0 Å². The Kier molecular flexibility index (Phi) is 0.894. The monoisotopic (exact) mass is 146 g/mol. The summed E-state index contributed by atoms with van der Waals surface area (Å²) >= 11 is 0. The van der Waals surface area contributed by atoms with Crippen molar-refractivity contribution in [2.24, 2.45) is 23.7 Å². The van der Waals surface area contributed by atoms with Gasteiger partial charge in [-0.1, -0.05) is 24.3 Å². The summed E-state index contributed by atoms with van der Waals surface area (Å²) in [7, 11) is 0. The van der Waals surface area contributed by atoms with E-state index in [9.17, 15) is 0 Å². The minimum Gasteiger partial charge on any atom is -0.0993 e. The molecule has 0 N–H and O–H groups in total. The summed E-state index contributed by atoms with van der Waals surface area (Å²) in [4.78, 5) is 0. The Morgan fingerprint density at radius 1 is 0.818 bits per heavy atom. The molecule has 0 saturated heterocycles. The highest BCUT2D eigenvalue weighted by Crippen LogP contribution is 2.62. The van der Waals surface area contributed by atoms with Crippen LogP contribution in [-0.4, -0.2) is 0 Å². The summed E-state index contributed by atoms with van der Waals surface area (Å²) in [6.45, 7) is 8.42. The van der Waals surface area contributed by atoms with Crippen LogP contribution in [0.2, 0.25) is 0 Å². The lowest BCUT2D eigenvalue weighted by Gasteiger charge is -2.27. The first kappa shape index (κ1) is 6.05. The van der Waals surface area contributed by atoms with Crippen molar-refractivity contribution in [3.8, 4) is 0 Å². The highest BCUT2D eigenvalue weighted by atomic mass is 14.6. The van der Waals surface area contributed by atoms with E-state index in [-0.39, 0.29) is 0 Å². The summed E-state index contributed by atoms with van der Waals surface area (Å²) in [5.74, 6) is 3.47. The molecule has 4 fully saturated rings. The molecule has 0 aromatic heterocycles. The molecule has 0 spiro atoms. The van der Waals surface area contributed by atoms with Crippen LogP contribution in [0.1, 0.15) is 19.3 Å². The molecule has 0 radical (unpaired) electrons. The van der Waals surface area contributed by atoms with Crippen LogP contribution in [0.4, 0.5) is 0 Å². The average molecular weight is 146 g/mol. The Morgan fingerprint density at radius 3 is 1.73 bits per heavy atom. The third kappa shape index (κ3) is 0.535. The second kappa shape index (κ2) is 1.63. The van der Waals surface area contributed by atoms with Gasteiger partial charge < -0.3 is 0 Å². The molecule has 4 aliphatic rings. The summed E-state index contributed by atoms with van der Waals surface area (Å²) in [5.41, 5.74) is 3.12. The van der Waals surface area contributed by atoms with Crippen molar-refractivity contribution >= 4 is 0 Å². The van der Waals surface area contributed by atoms with E-state index in [1.807, 2.05) is 0 Å². The van der Waals surface area contributed by atoms with Crippen LogP contribution < -0.4 is 0 Å². The Labute approximate surface area is 68.0 Å². The zero-order valence-electron chi connectivity index (χ0n) is 6.84. The summed E-state index contributed by atoms with van der Waals surface area (Å²) in [6.07, 6.45) is 4.16. The van der Waals surface area contributed by atoms with Gasteiger partial charge in [-0.25, -0.2) is 0 Å². The fraction of sp³-hybridized carbons (Fsp3) is 0.636. The van der Waals surface area contributed by atoms with E-state index in [4.69, 9.17) is 0 Å². The van der Waals surface area contributed by atoms with Gasteiger partial charge in [-0.3, -0.25) is 0 Å². The van der Waals surface area contributed by atoms with Crippen LogP contribution in [-0.2, 0) is 0 Å². The van der Waals surface area contributed by atoms with Gasteiger partial charge in [0, 0.05) is 0 Å². The highest BCUT2D eigenvalue weighted by Gasteiger charge is 2.51. The first-order chi connectivity index (χ1) is 5.27. The molecule has 4 aliphatic carbocycles. The third-order valence-electron chi connectivity index (χ3n) is 4.13. The Morgan fingerprint density at radius 2 is 1.27 bits per heavy atom. The Hall–Kier alpha value is -0.520. The van der Waals surface area contributed by atoms with Gasteiger partial charge in [-0.05, 0) is 42.9 Å². The molecular weight excluding hydrogens is 132 g/mol. The number of rotatable bonds is 0. The average Bonchev–Trinajstić information content (AvgIpc) is 2.37. The molecule has 0 nitrogen and oxygen atoms in total. The highest BCUT2D eigenvalue weighted by molar-refractivity contribution is 5.32. The number of allylic oxidation sites excluding steroid dienone is 2. The minimum atomic E-state index is 0.853. The largest absolute Gasteiger partial charge is 0.0993 e. The van der Waals surface area contributed by atoms with E-state index >= 15 is 0 Å². The molecule has 0 heteroatoms. The van der Waals surface area contributed by atoms with E-state index in [0.29, 0.717) is 0 Å². The molecule has 4 unspecified atom stereocenters. The van der Waals surface area contributed by atoms with Crippen molar-refractivity contribution in [1.29, 1.82) is 0 Å². The van der Waals surface area contributed by atoms with E-state index in [1.54, 1.807) is 11.1 Å². The maximum atomic E-state index is 4.21. The van der Waals surface area contributed by atoms with Gasteiger partial charge in [0.25, 0.3) is 0 Å². The smallest absolute Gasteiger partial charge is 0.0132 e. The first-order valence-corrected chi connectivity index (χ1v) is 4.64. The molecule has 0 aromatic rings. The normalized spacial score (nSPS) is 52.7. The van der Waals surface area contributed by atoms with E-state index < -0.39 is 0 Å². The van der Waals surface area contributed by atoms with Crippen molar-refractivity contribution < 1.29 is 0 Å². The fourth-order valence-electron chi connectivity index (χ4n) is 3.51. The first-order valence-electron chi connectivity index (χ1n) is 4.64. The van der Waals surface area contributed by atoms with Crippen molar-refractivity contribution in [2.45, 2.75) is 19.3 Å². The van der Waals surface area contributed by atoms with Gasteiger partial charge in [-0.15, -0.1) is 0 Å². The van der Waals surface area contributed by atoms with E-state index in [0.717, 1.165) is 23.7 Å². The fourth-order valence-corrected chi connectivity index (χ4v) is 3.51. The van der Waals surface area contributed by atoms with Gasteiger partial charge in [0.05, 0.1) is 0 Å². The lowest BCUT2D eigenvalue weighted by Crippen LogP contribution is -2.15. The second-order valence-electron chi connectivity index (χ2n) is 4.46. The predicted molar refractivity (Wildman–Crippen MR) is 46.1 cm³/mol. The predicted octanol–water partition coefficient (Wildman–Crippen LogP) is 2.77. The summed E-state index contributed by atoms with van der Waals surface area (Å²) in [6, 6.07) is 0. The molecule has 4 saturated carbocycles. The summed E-state index contributed by atoms with van der Waals surface area (Å²) in [5, 5.41) is 0. The van der Waals surface area contributed by atoms with Crippen molar-refractivity contribution in [3.63, 3.8) is 0 Å². The molecular formula is C11H14. The van der Waals surface area contributed by atoms with Crippen LogP contribution in [0.3, 0.4) is 0 Å². The molecule has 4 atom stereocenters. The Bertz CT molecular complexity index is 219. The van der Waals surface area contributed by atoms with Crippen LogP contribution >= 0.6 is 0 Å². The SMILES string of the molecule is C=C1C2CC3CC1C(C2)C3=C. The van der Waals surface area contributed by atoms with Crippen LogP contribution in [0, 0.1) is 23.7 Å². The topological polar surface area (TPSA) is 0 Å². The lowest BCUT2D eigenvalue weighted by molar-refractivity contribution is 0.387. The second-order valence-corrected chi connectivity index (χ2v) is 4.46. The quantitative estimate of drug-likeness (QED) is 0.461. The van der Waals surface area contributed by atoms with Gasteiger partial charge in [0.1, 0.15) is 0 Å². The van der Waals surface area contributed by atoms with Gasteiger partial charge >= 0.3 is 0 Å². The van der Waals surface area contributed by atoms with Gasteiger partial charge in [-0.2, -0.15) is 0 Å². The molecule has 4 bridgehead atoms. The van der Waals surface area contributed by atoms with Crippen molar-refractivity contribution in [3.05, 3.63) is 24.3 Å². The molecule has 11 heavy (non-hydrogen) atoms. The lowest BCUT2D eigenvalue weighted by atomic mass is 9.78. The maximum absolute atomic E-state index is 4.21. The third-order valence-corrected chi connectivity index (χ3v) is 4.13. The standard InChI is InChI=1S/C11H14/c1-6-8-3-9-5-10(6)11(4-8)7(9)2/h8-11H,1-5H2. The number of hydrogen-bond acceptors (Lipinski definition) is 0. The Balaban J connectivity index is 2.11. The zero-order chi connectivity index (χ0) is 7.59. The minimum absolute atomic E-state index is 0.853. The molecule has 4 rings (SSSR count). The molecule has 0 aromatic carbocycles.